The van der Waals surface area contributed by atoms with E-state index in [4.69, 9.17) is 9.97 Å². The molecule has 0 radical (unpaired) electrons. The molecule has 1 N–H and O–H groups in total. The maximum absolute atomic E-state index is 10.1. The van der Waals surface area contributed by atoms with Gasteiger partial charge in [-0.1, -0.05) is 25.5 Å². The number of imidazole rings is 1. The first-order valence-electron chi connectivity index (χ1n) is 15.3. The van der Waals surface area contributed by atoms with E-state index in [1.54, 1.807) is 6.07 Å². The fourth-order valence-corrected chi connectivity index (χ4v) is 6.98. The Morgan fingerprint density at radius 3 is 2.52 bits per heavy atom. The Hall–Kier alpha value is -2.52. The number of hydrogen-bond donors (Lipinski definition) is 1. The van der Waals surface area contributed by atoms with Crippen LogP contribution in [0, 0.1) is 0 Å². The predicted octanol–water partition coefficient (Wildman–Crippen LogP) is 4.69. The van der Waals surface area contributed by atoms with E-state index in [1.165, 1.54) is 29.9 Å². The van der Waals surface area contributed by atoms with Crippen molar-refractivity contribution in [2.45, 2.75) is 70.6 Å². The SMILES string of the molecule is CCC[C@@H](c1nc2cc(CN3CCC(c4cccc(O)c4)(N(C)C)CC3)cnc2n1CC)N1CCCN(C)CC1. The number of pyridine rings is 1. The molecule has 2 aliphatic heterocycles. The highest BCUT2D eigenvalue weighted by Gasteiger charge is 2.38. The zero-order chi connectivity index (χ0) is 28.3. The molecule has 0 aliphatic carbocycles. The second-order valence-electron chi connectivity index (χ2n) is 12.2. The summed E-state index contributed by atoms with van der Waals surface area (Å²) < 4.78 is 2.36. The van der Waals surface area contributed by atoms with Crippen molar-refractivity contribution < 1.29 is 5.11 Å². The van der Waals surface area contributed by atoms with Crippen LogP contribution in [0.25, 0.3) is 11.2 Å². The van der Waals surface area contributed by atoms with Gasteiger partial charge in [0.05, 0.1) is 6.04 Å². The Kier molecular flexibility index (Phi) is 9.10. The van der Waals surface area contributed by atoms with Crippen LogP contribution in [0.5, 0.6) is 5.75 Å². The lowest BCUT2D eigenvalue weighted by molar-refractivity contribution is 0.0505. The van der Waals surface area contributed by atoms with Gasteiger partial charge in [0.1, 0.15) is 17.1 Å². The van der Waals surface area contributed by atoms with Crippen molar-refractivity contribution in [2.75, 3.05) is 60.4 Å². The van der Waals surface area contributed by atoms with E-state index in [2.05, 4.69) is 77.5 Å². The molecule has 1 atom stereocenters. The topological polar surface area (TPSA) is 63.9 Å². The molecule has 0 saturated carbocycles. The van der Waals surface area contributed by atoms with Crippen LogP contribution in [0.15, 0.2) is 36.5 Å². The van der Waals surface area contributed by atoms with Crippen molar-refractivity contribution in [2.24, 2.45) is 0 Å². The molecule has 2 aromatic heterocycles. The smallest absolute Gasteiger partial charge is 0.160 e. The number of aromatic hydroxyl groups is 1. The van der Waals surface area contributed by atoms with Gasteiger partial charge in [0.2, 0.25) is 0 Å². The lowest BCUT2D eigenvalue weighted by atomic mass is 9.79. The minimum absolute atomic E-state index is 0.0529. The summed E-state index contributed by atoms with van der Waals surface area (Å²) in [5, 5.41) is 10.1. The number of piperidine rings is 1. The molecule has 8 heteroatoms. The van der Waals surface area contributed by atoms with Gasteiger partial charge >= 0.3 is 0 Å². The third-order valence-corrected chi connectivity index (χ3v) is 9.37. The molecule has 2 saturated heterocycles. The number of aryl methyl sites for hydroxylation is 1. The fraction of sp³-hybridized carbons (Fsp3) is 0.625. The first kappa shape index (κ1) is 29.0. The molecule has 0 bridgehead atoms. The number of nitrogens with zero attached hydrogens (tertiary/aromatic N) is 7. The van der Waals surface area contributed by atoms with Crippen LogP contribution in [0.1, 0.15) is 68.9 Å². The van der Waals surface area contributed by atoms with Crippen LogP contribution in [0.4, 0.5) is 0 Å². The molecular weight excluding hydrogens is 498 g/mol. The first-order valence-corrected chi connectivity index (χ1v) is 15.3. The lowest BCUT2D eigenvalue weighted by Gasteiger charge is -2.46. The normalized spacial score (nSPS) is 20.2. The van der Waals surface area contributed by atoms with Crippen LogP contribution in [-0.2, 0) is 18.6 Å². The zero-order valence-electron chi connectivity index (χ0n) is 25.3. The van der Waals surface area contributed by atoms with E-state index in [-0.39, 0.29) is 5.54 Å². The highest BCUT2D eigenvalue weighted by molar-refractivity contribution is 5.72. The average Bonchev–Trinajstić information content (AvgIpc) is 3.17. The van der Waals surface area contributed by atoms with Crippen molar-refractivity contribution in [3.63, 3.8) is 0 Å². The quantitative estimate of drug-likeness (QED) is 0.417. The van der Waals surface area contributed by atoms with Crippen LogP contribution in [0.3, 0.4) is 0 Å². The van der Waals surface area contributed by atoms with Crippen LogP contribution >= 0.6 is 0 Å². The van der Waals surface area contributed by atoms with E-state index >= 15 is 0 Å². The molecule has 5 rings (SSSR count). The first-order chi connectivity index (χ1) is 19.3. The third-order valence-electron chi connectivity index (χ3n) is 9.37. The molecule has 218 valence electrons. The molecule has 0 amide bonds. The van der Waals surface area contributed by atoms with Gasteiger partial charge in [0, 0.05) is 57.5 Å². The summed E-state index contributed by atoms with van der Waals surface area (Å²) in [5.41, 5.74) is 4.43. The van der Waals surface area contributed by atoms with Crippen molar-refractivity contribution in [1.29, 1.82) is 0 Å². The minimum Gasteiger partial charge on any atom is -0.508 e. The average molecular weight is 548 g/mol. The van der Waals surface area contributed by atoms with Gasteiger partial charge in [-0.3, -0.25) is 14.7 Å². The van der Waals surface area contributed by atoms with Gasteiger partial charge in [-0.25, -0.2) is 9.97 Å². The Balaban J connectivity index is 1.34. The number of hydrogen-bond acceptors (Lipinski definition) is 7. The molecule has 0 spiro atoms. The lowest BCUT2D eigenvalue weighted by Crippen LogP contribution is -2.50. The molecule has 40 heavy (non-hydrogen) atoms. The number of rotatable bonds is 9. The van der Waals surface area contributed by atoms with E-state index < -0.39 is 0 Å². The van der Waals surface area contributed by atoms with Crippen molar-refractivity contribution in [1.82, 2.24) is 34.1 Å². The summed E-state index contributed by atoms with van der Waals surface area (Å²) >= 11 is 0. The number of likely N-dealkylation sites (tertiary alicyclic amines) is 1. The third kappa shape index (κ3) is 5.91. The number of benzene rings is 1. The zero-order valence-corrected chi connectivity index (χ0v) is 25.3. The monoisotopic (exact) mass is 547 g/mol. The molecule has 8 nitrogen and oxygen atoms in total. The molecule has 0 unspecified atom stereocenters. The molecule has 1 aromatic carbocycles. The fourth-order valence-electron chi connectivity index (χ4n) is 6.98. The van der Waals surface area contributed by atoms with Crippen molar-refractivity contribution >= 4 is 11.2 Å². The Labute approximate surface area is 240 Å². The van der Waals surface area contributed by atoms with Gasteiger partial charge < -0.3 is 14.6 Å². The summed E-state index contributed by atoms with van der Waals surface area (Å²) in [4.78, 5) is 20.2. The standard InChI is InChI=1S/C32H49N7O/c1-6-10-29(38-16-9-15-36(5)19-20-38)31-34-28-21-25(23-33-30(28)39(31)7-2)24-37-17-13-32(14-18-37,35(3)4)26-11-8-12-27(40)22-26/h8,11-12,21-23,29,40H,6-7,9-10,13-20,24H2,1-5H3/t29-/m0/s1. The number of likely N-dealkylation sites (N-methyl/N-ethyl adjacent to an activating group) is 1. The summed E-state index contributed by atoms with van der Waals surface area (Å²) in [6.45, 7) is 12.8. The van der Waals surface area contributed by atoms with Crippen molar-refractivity contribution in [3.05, 3.63) is 53.5 Å². The van der Waals surface area contributed by atoms with E-state index in [9.17, 15) is 5.11 Å². The maximum Gasteiger partial charge on any atom is 0.160 e. The van der Waals surface area contributed by atoms with Gasteiger partial charge in [-0.05, 0) is 89.6 Å². The number of phenols is 1. The van der Waals surface area contributed by atoms with Gasteiger partial charge in [-0.15, -0.1) is 0 Å². The second-order valence-corrected chi connectivity index (χ2v) is 12.2. The number of aromatic nitrogens is 3. The summed E-state index contributed by atoms with van der Waals surface area (Å²) in [5.74, 6) is 1.53. The molecule has 2 aliphatic rings. The number of fused-ring (bicyclic) bond motifs is 1. The van der Waals surface area contributed by atoms with Gasteiger partial charge in [0.15, 0.2) is 5.65 Å². The summed E-state index contributed by atoms with van der Waals surface area (Å²) in [7, 11) is 6.56. The molecule has 4 heterocycles. The molecule has 2 fully saturated rings. The van der Waals surface area contributed by atoms with Crippen molar-refractivity contribution in [3.8, 4) is 5.75 Å². The largest absolute Gasteiger partial charge is 0.508 e. The summed E-state index contributed by atoms with van der Waals surface area (Å²) in [6, 6.07) is 10.4. The minimum atomic E-state index is -0.0529. The summed E-state index contributed by atoms with van der Waals surface area (Å²) in [6.07, 6.45) is 7.60. The van der Waals surface area contributed by atoms with E-state index in [1.807, 2.05) is 12.1 Å². The van der Waals surface area contributed by atoms with Gasteiger partial charge in [0.25, 0.3) is 0 Å². The molecular formula is C32H49N7O. The van der Waals surface area contributed by atoms with E-state index in [0.717, 1.165) is 82.7 Å². The Morgan fingerprint density at radius 2 is 1.82 bits per heavy atom. The van der Waals surface area contributed by atoms with Crippen LogP contribution < -0.4 is 0 Å². The van der Waals surface area contributed by atoms with Crippen LogP contribution in [-0.4, -0.2) is 99.7 Å². The number of phenolic OH excluding ortho intramolecular Hbond substituents is 1. The Morgan fingerprint density at radius 1 is 1.02 bits per heavy atom. The highest BCUT2D eigenvalue weighted by Crippen LogP contribution is 2.39. The second kappa shape index (κ2) is 12.6. The van der Waals surface area contributed by atoms with E-state index in [0.29, 0.717) is 11.8 Å². The predicted molar refractivity (Wildman–Crippen MR) is 163 cm³/mol. The highest BCUT2D eigenvalue weighted by atomic mass is 16.3. The Bertz CT molecular complexity index is 1260. The van der Waals surface area contributed by atoms with Crippen LogP contribution in [0.2, 0.25) is 0 Å². The molecule has 3 aromatic rings. The maximum atomic E-state index is 10.1. The van der Waals surface area contributed by atoms with Gasteiger partial charge in [-0.2, -0.15) is 0 Å².